The van der Waals surface area contributed by atoms with Gasteiger partial charge in [0.15, 0.2) is 0 Å². The van der Waals surface area contributed by atoms with Crippen molar-refractivity contribution in [2.75, 3.05) is 37.6 Å². The van der Waals surface area contributed by atoms with Gasteiger partial charge in [-0.25, -0.2) is 18.1 Å². The van der Waals surface area contributed by atoms with Gasteiger partial charge < -0.3 is 9.80 Å². The number of piperazine rings is 1. The van der Waals surface area contributed by atoms with Crippen molar-refractivity contribution in [3.05, 3.63) is 54.2 Å². The second-order valence-corrected chi connectivity index (χ2v) is 8.43. The molecule has 0 unspecified atom stereocenters. The third-order valence-electron chi connectivity index (χ3n) is 4.72. The maximum absolute atomic E-state index is 13.1. The second kappa shape index (κ2) is 9.00. The van der Waals surface area contributed by atoms with Gasteiger partial charge in [-0.05, 0) is 24.3 Å². The van der Waals surface area contributed by atoms with Crippen LogP contribution in [0.15, 0.2) is 53.6 Å². The van der Waals surface area contributed by atoms with Crippen LogP contribution in [0.3, 0.4) is 0 Å². The van der Waals surface area contributed by atoms with E-state index in [9.17, 15) is 26.4 Å². The lowest BCUT2D eigenvalue weighted by Crippen LogP contribution is -2.49. The summed E-state index contributed by atoms with van der Waals surface area (Å²) in [6.45, 7) is 1.81. The molecule has 162 valence electrons. The Labute approximate surface area is 172 Å². The number of hydrogen-bond acceptors (Lipinski definition) is 5. The van der Waals surface area contributed by atoms with Gasteiger partial charge >= 0.3 is 6.18 Å². The van der Waals surface area contributed by atoms with Crippen molar-refractivity contribution < 1.29 is 26.4 Å². The third-order valence-corrected chi connectivity index (χ3v) is 6.24. The molecule has 1 aromatic heterocycles. The number of nitrogens with one attached hydrogen (secondary N) is 1. The summed E-state index contributed by atoms with van der Waals surface area (Å²) in [6.07, 6.45) is -3.25. The molecule has 0 bridgehead atoms. The number of carbonyl (C=O) groups excluding carboxylic acids is 1. The molecule has 0 atom stereocenters. The average molecular weight is 442 g/mol. The maximum Gasteiger partial charge on any atom is 0.417 e. The molecular formula is C19H21F3N4O3S. The first-order valence-electron chi connectivity index (χ1n) is 9.28. The SMILES string of the molecule is O=C(CCNS(=O)(=O)c1ccccc1C(F)(F)F)N1CCN(c2ccccn2)CC1. The largest absolute Gasteiger partial charge is 0.417 e. The normalized spacial score (nSPS) is 15.3. The first-order chi connectivity index (χ1) is 14.2. The number of amides is 1. The summed E-state index contributed by atoms with van der Waals surface area (Å²) in [4.78, 5) is 19.4. The van der Waals surface area contributed by atoms with E-state index in [0.717, 1.165) is 18.0 Å². The van der Waals surface area contributed by atoms with Gasteiger partial charge in [0, 0.05) is 45.3 Å². The molecule has 0 radical (unpaired) electrons. The van der Waals surface area contributed by atoms with Gasteiger partial charge in [-0.1, -0.05) is 18.2 Å². The molecule has 3 rings (SSSR count). The van der Waals surface area contributed by atoms with Crippen molar-refractivity contribution in [2.24, 2.45) is 0 Å². The molecule has 1 amide bonds. The molecule has 1 saturated heterocycles. The van der Waals surface area contributed by atoms with Gasteiger partial charge in [0.25, 0.3) is 0 Å². The lowest BCUT2D eigenvalue weighted by molar-refractivity contribution is -0.140. The molecule has 30 heavy (non-hydrogen) atoms. The summed E-state index contributed by atoms with van der Waals surface area (Å²) in [6, 6.07) is 9.52. The molecule has 2 aromatic rings. The zero-order valence-electron chi connectivity index (χ0n) is 16.0. The van der Waals surface area contributed by atoms with Gasteiger partial charge in [-0.2, -0.15) is 13.2 Å². The quantitative estimate of drug-likeness (QED) is 0.741. The van der Waals surface area contributed by atoms with E-state index in [1.807, 2.05) is 23.1 Å². The summed E-state index contributed by atoms with van der Waals surface area (Å²) in [5.74, 6) is 0.558. The Hall–Kier alpha value is -2.66. The molecule has 1 aromatic carbocycles. The standard InChI is InChI=1S/C19H21F3N4O3S/c20-19(21,22)15-5-1-2-6-16(15)30(28,29)24-10-8-18(27)26-13-11-25(12-14-26)17-7-3-4-9-23-17/h1-7,9,24H,8,10-14H2. The predicted octanol–water partition coefficient (Wildman–Crippen LogP) is 2.12. The number of nitrogens with zero attached hydrogens (tertiary/aromatic N) is 3. The van der Waals surface area contributed by atoms with Gasteiger partial charge in [-0.15, -0.1) is 0 Å². The summed E-state index contributed by atoms with van der Waals surface area (Å²) in [5, 5.41) is 0. The Morgan fingerprint density at radius 3 is 2.33 bits per heavy atom. The van der Waals surface area contributed by atoms with E-state index < -0.39 is 26.7 Å². The van der Waals surface area contributed by atoms with Crippen LogP contribution in [0.1, 0.15) is 12.0 Å². The first-order valence-corrected chi connectivity index (χ1v) is 10.8. The minimum atomic E-state index is -4.80. The maximum atomic E-state index is 13.1. The van der Waals surface area contributed by atoms with Crippen molar-refractivity contribution in [2.45, 2.75) is 17.5 Å². The van der Waals surface area contributed by atoms with Crippen molar-refractivity contribution in [3.8, 4) is 0 Å². The number of sulfonamides is 1. The number of pyridine rings is 1. The van der Waals surface area contributed by atoms with E-state index in [1.165, 1.54) is 6.07 Å². The van der Waals surface area contributed by atoms with Gasteiger partial charge in [0.2, 0.25) is 15.9 Å². The van der Waals surface area contributed by atoms with E-state index in [0.29, 0.717) is 32.2 Å². The van der Waals surface area contributed by atoms with Gasteiger partial charge in [0.05, 0.1) is 10.5 Å². The van der Waals surface area contributed by atoms with Crippen LogP contribution in [0, 0.1) is 0 Å². The summed E-state index contributed by atoms with van der Waals surface area (Å²) in [5.41, 5.74) is -1.24. The smallest absolute Gasteiger partial charge is 0.353 e. The van der Waals surface area contributed by atoms with E-state index in [4.69, 9.17) is 0 Å². The third kappa shape index (κ3) is 5.28. The molecule has 2 heterocycles. The molecule has 11 heteroatoms. The number of hydrogen-bond donors (Lipinski definition) is 1. The molecule has 0 saturated carbocycles. The highest BCUT2D eigenvalue weighted by Crippen LogP contribution is 2.33. The monoisotopic (exact) mass is 442 g/mol. The fourth-order valence-electron chi connectivity index (χ4n) is 3.19. The predicted molar refractivity (Wildman–Crippen MR) is 104 cm³/mol. The number of carbonyl (C=O) groups is 1. The van der Waals surface area contributed by atoms with Crippen LogP contribution in [-0.2, 0) is 21.0 Å². The summed E-state index contributed by atoms with van der Waals surface area (Å²) in [7, 11) is -4.40. The summed E-state index contributed by atoms with van der Waals surface area (Å²) >= 11 is 0. The second-order valence-electron chi connectivity index (χ2n) is 6.70. The number of anilines is 1. The topological polar surface area (TPSA) is 82.6 Å². The molecule has 0 aliphatic carbocycles. The van der Waals surface area contributed by atoms with Crippen molar-refractivity contribution in [1.29, 1.82) is 0 Å². The lowest BCUT2D eigenvalue weighted by atomic mass is 10.2. The van der Waals surface area contributed by atoms with E-state index in [2.05, 4.69) is 9.71 Å². The molecule has 1 aliphatic rings. The van der Waals surface area contributed by atoms with E-state index >= 15 is 0 Å². The highest BCUT2D eigenvalue weighted by atomic mass is 32.2. The van der Waals surface area contributed by atoms with Crippen LogP contribution >= 0.6 is 0 Å². The Balaban J connectivity index is 1.53. The Morgan fingerprint density at radius 1 is 1.03 bits per heavy atom. The number of benzene rings is 1. The molecule has 0 spiro atoms. The van der Waals surface area contributed by atoms with Crippen LogP contribution in [-0.4, -0.2) is 56.9 Å². The lowest BCUT2D eigenvalue weighted by Gasteiger charge is -2.35. The van der Waals surface area contributed by atoms with Crippen LogP contribution < -0.4 is 9.62 Å². The molecular weight excluding hydrogens is 421 g/mol. The number of alkyl halides is 3. The minimum absolute atomic E-state index is 0.142. The van der Waals surface area contributed by atoms with Gasteiger partial charge in [-0.3, -0.25) is 4.79 Å². The first kappa shape index (κ1) is 22.0. The van der Waals surface area contributed by atoms with Crippen LogP contribution in [0.5, 0.6) is 0 Å². The highest BCUT2D eigenvalue weighted by Gasteiger charge is 2.36. The number of halogens is 3. The molecule has 1 fully saturated rings. The zero-order chi connectivity index (χ0) is 21.8. The fraction of sp³-hybridized carbons (Fsp3) is 0.368. The van der Waals surface area contributed by atoms with Crippen LogP contribution in [0.25, 0.3) is 0 Å². The average Bonchev–Trinajstić information content (AvgIpc) is 2.74. The molecule has 7 nitrogen and oxygen atoms in total. The van der Waals surface area contributed by atoms with Crippen molar-refractivity contribution in [3.63, 3.8) is 0 Å². The fourth-order valence-corrected chi connectivity index (χ4v) is 4.45. The van der Waals surface area contributed by atoms with Crippen molar-refractivity contribution in [1.82, 2.24) is 14.6 Å². The highest BCUT2D eigenvalue weighted by molar-refractivity contribution is 7.89. The van der Waals surface area contributed by atoms with Crippen molar-refractivity contribution >= 4 is 21.7 Å². The Kier molecular flexibility index (Phi) is 6.61. The Bertz CT molecular complexity index is 976. The minimum Gasteiger partial charge on any atom is -0.353 e. The van der Waals surface area contributed by atoms with E-state index in [1.54, 1.807) is 11.1 Å². The van der Waals surface area contributed by atoms with E-state index in [-0.39, 0.29) is 18.9 Å². The van der Waals surface area contributed by atoms with Crippen LogP contribution in [0.2, 0.25) is 0 Å². The zero-order valence-corrected chi connectivity index (χ0v) is 16.8. The van der Waals surface area contributed by atoms with Gasteiger partial charge in [0.1, 0.15) is 5.82 Å². The molecule has 1 aliphatic heterocycles. The Morgan fingerprint density at radius 2 is 1.70 bits per heavy atom. The number of rotatable bonds is 6. The summed E-state index contributed by atoms with van der Waals surface area (Å²) < 4.78 is 65.9. The van der Waals surface area contributed by atoms with Crippen LogP contribution in [0.4, 0.5) is 19.0 Å². The molecule has 1 N–H and O–H groups in total. The number of aromatic nitrogens is 1.